The van der Waals surface area contributed by atoms with E-state index in [0.29, 0.717) is 6.41 Å². The Hall–Kier alpha value is -1.84. The van der Waals surface area contributed by atoms with Crippen molar-refractivity contribution in [2.45, 2.75) is 26.3 Å². The summed E-state index contributed by atoms with van der Waals surface area (Å²) < 4.78 is 0. The quantitative estimate of drug-likeness (QED) is 0.741. The Morgan fingerprint density at radius 3 is 2.44 bits per heavy atom. The molecular formula is C12H15NO3. The maximum Gasteiger partial charge on any atom is 0.305 e. The van der Waals surface area contributed by atoms with Crippen molar-refractivity contribution >= 4 is 12.4 Å². The Morgan fingerprint density at radius 2 is 2.00 bits per heavy atom. The second-order valence-corrected chi connectivity index (χ2v) is 3.74. The maximum atomic E-state index is 10.7. The van der Waals surface area contributed by atoms with Crippen molar-refractivity contribution in [2.24, 2.45) is 0 Å². The predicted octanol–water partition coefficient (Wildman–Crippen LogP) is 1.57. The summed E-state index contributed by atoms with van der Waals surface area (Å²) in [5, 5.41) is 11.3. The summed E-state index contributed by atoms with van der Waals surface area (Å²) in [5.74, 6) is -0.929. The third-order valence-corrected chi connectivity index (χ3v) is 2.54. The number of rotatable bonds is 5. The van der Waals surface area contributed by atoms with Gasteiger partial charge in [0.1, 0.15) is 0 Å². The summed E-state index contributed by atoms with van der Waals surface area (Å²) in [4.78, 5) is 21.2. The first-order valence-corrected chi connectivity index (χ1v) is 5.04. The van der Waals surface area contributed by atoms with Crippen molar-refractivity contribution in [1.29, 1.82) is 0 Å². The average Bonchev–Trinajstić information content (AvgIpc) is 2.16. The largest absolute Gasteiger partial charge is 0.481 e. The highest BCUT2D eigenvalue weighted by Gasteiger charge is 2.18. The van der Waals surface area contributed by atoms with Gasteiger partial charge in [-0.1, -0.05) is 18.2 Å². The summed E-state index contributed by atoms with van der Waals surface area (Å²) in [5.41, 5.74) is 2.86. The molecule has 0 saturated carbocycles. The Bertz CT molecular complexity index is 381. The minimum Gasteiger partial charge on any atom is -0.481 e. The van der Waals surface area contributed by atoms with Gasteiger partial charge >= 0.3 is 5.97 Å². The Balaban J connectivity index is 3.09. The first kappa shape index (κ1) is 12.2. The number of carbonyl (C=O) groups is 2. The second kappa shape index (κ2) is 5.30. The molecule has 0 aromatic heterocycles. The van der Waals surface area contributed by atoms with Gasteiger partial charge in [-0.15, -0.1) is 0 Å². The lowest BCUT2D eigenvalue weighted by Gasteiger charge is -2.19. The molecule has 0 aliphatic rings. The standard InChI is InChI=1S/C12H15NO3/c1-8-4-3-5-9(2)12(8)10(13-7-14)6-11(15)16/h3-5,7,10H,6H2,1-2H3,(H,13,14)(H,15,16)/t10-/m0/s1. The molecule has 1 aromatic carbocycles. The summed E-state index contributed by atoms with van der Waals surface area (Å²) in [6, 6.07) is 5.26. The molecule has 0 aliphatic carbocycles. The van der Waals surface area contributed by atoms with Crippen molar-refractivity contribution in [3.05, 3.63) is 34.9 Å². The molecule has 0 aliphatic heterocycles. The second-order valence-electron chi connectivity index (χ2n) is 3.74. The first-order chi connectivity index (χ1) is 7.56. The number of nitrogens with one attached hydrogen (secondary N) is 1. The van der Waals surface area contributed by atoms with Crippen LogP contribution >= 0.6 is 0 Å². The van der Waals surface area contributed by atoms with E-state index >= 15 is 0 Å². The molecule has 86 valence electrons. The number of hydrogen-bond donors (Lipinski definition) is 2. The minimum absolute atomic E-state index is 0.107. The van der Waals surface area contributed by atoms with Crippen molar-refractivity contribution < 1.29 is 14.7 Å². The van der Waals surface area contributed by atoms with Gasteiger partial charge in [-0.2, -0.15) is 0 Å². The molecule has 4 heteroatoms. The summed E-state index contributed by atoms with van der Waals surface area (Å²) in [6.45, 7) is 3.81. The fraction of sp³-hybridized carbons (Fsp3) is 0.333. The summed E-state index contributed by atoms with van der Waals surface area (Å²) >= 11 is 0. The van der Waals surface area contributed by atoms with Gasteiger partial charge in [-0.05, 0) is 30.5 Å². The van der Waals surface area contributed by atoms with Gasteiger partial charge in [0.2, 0.25) is 6.41 Å². The topological polar surface area (TPSA) is 66.4 Å². The van der Waals surface area contributed by atoms with E-state index in [1.807, 2.05) is 32.0 Å². The van der Waals surface area contributed by atoms with E-state index in [4.69, 9.17) is 5.11 Å². The molecule has 0 bridgehead atoms. The van der Waals surface area contributed by atoms with Gasteiger partial charge in [0.25, 0.3) is 0 Å². The normalized spacial score (nSPS) is 11.9. The molecule has 1 amide bonds. The van der Waals surface area contributed by atoms with Gasteiger partial charge < -0.3 is 10.4 Å². The van der Waals surface area contributed by atoms with Crippen LogP contribution in [0, 0.1) is 13.8 Å². The molecule has 0 fully saturated rings. The van der Waals surface area contributed by atoms with Crippen molar-refractivity contribution in [3.8, 4) is 0 Å². The SMILES string of the molecule is Cc1cccc(C)c1[C@H](CC(=O)O)NC=O. The molecule has 2 N–H and O–H groups in total. The number of hydrogen-bond acceptors (Lipinski definition) is 2. The highest BCUT2D eigenvalue weighted by atomic mass is 16.4. The lowest BCUT2D eigenvalue weighted by atomic mass is 9.94. The maximum absolute atomic E-state index is 10.7. The van der Waals surface area contributed by atoms with Crippen molar-refractivity contribution in [2.75, 3.05) is 0 Å². The molecule has 16 heavy (non-hydrogen) atoms. The van der Waals surface area contributed by atoms with Crippen LogP contribution in [0.5, 0.6) is 0 Å². The highest BCUT2D eigenvalue weighted by Crippen LogP contribution is 2.24. The minimum atomic E-state index is -0.929. The molecule has 0 unspecified atom stereocenters. The van der Waals surface area contributed by atoms with E-state index in [2.05, 4.69) is 5.32 Å². The molecule has 0 heterocycles. The number of carboxylic acid groups (broad SMARTS) is 1. The third-order valence-electron chi connectivity index (χ3n) is 2.54. The highest BCUT2D eigenvalue weighted by molar-refractivity contribution is 5.69. The molecule has 4 nitrogen and oxygen atoms in total. The van der Waals surface area contributed by atoms with Crippen LogP contribution in [0.4, 0.5) is 0 Å². The molecular weight excluding hydrogens is 206 g/mol. The lowest BCUT2D eigenvalue weighted by molar-refractivity contribution is -0.137. The third kappa shape index (κ3) is 2.82. The smallest absolute Gasteiger partial charge is 0.305 e. The average molecular weight is 221 g/mol. The Kier molecular flexibility index (Phi) is 4.05. The number of benzene rings is 1. The number of amides is 1. The van der Waals surface area contributed by atoms with E-state index in [1.54, 1.807) is 0 Å². The van der Waals surface area contributed by atoms with E-state index in [9.17, 15) is 9.59 Å². The van der Waals surface area contributed by atoms with Gasteiger partial charge in [-0.25, -0.2) is 0 Å². The lowest BCUT2D eigenvalue weighted by Crippen LogP contribution is -2.24. The summed E-state index contributed by atoms with van der Waals surface area (Å²) in [6.07, 6.45) is 0.434. The van der Waals surface area contributed by atoms with Crippen LogP contribution in [-0.4, -0.2) is 17.5 Å². The zero-order valence-electron chi connectivity index (χ0n) is 9.36. The van der Waals surface area contributed by atoms with Crippen LogP contribution in [-0.2, 0) is 9.59 Å². The first-order valence-electron chi connectivity index (χ1n) is 5.04. The van der Waals surface area contributed by atoms with Gasteiger partial charge in [0, 0.05) is 0 Å². The molecule has 0 saturated heterocycles. The molecule has 0 spiro atoms. The predicted molar refractivity (Wildman–Crippen MR) is 60.1 cm³/mol. The fourth-order valence-electron chi connectivity index (χ4n) is 1.88. The van der Waals surface area contributed by atoms with Gasteiger partial charge in [0.05, 0.1) is 12.5 Å². The molecule has 1 atom stereocenters. The number of aryl methyl sites for hydroxylation is 2. The van der Waals surface area contributed by atoms with Crippen LogP contribution < -0.4 is 5.32 Å². The van der Waals surface area contributed by atoms with Crippen molar-refractivity contribution in [1.82, 2.24) is 5.32 Å². The molecule has 1 rings (SSSR count). The zero-order valence-corrected chi connectivity index (χ0v) is 9.36. The van der Waals surface area contributed by atoms with E-state index < -0.39 is 12.0 Å². The molecule has 0 radical (unpaired) electrons. The molecule has 1 aromatic rings. The Labute approximate surface area is 94.3 Å². The number of carbonyl (C=O) groups excluding carboxylic acids is 1. The van der Waals surface area contributed by atoms with E-state index in [1.165, 1.54) is 0 Å². The number of aliphatic carboxylic acids is 1. The van der Waals surface area contributed by atoms with Crippen LogP contribution in [0.2, 0.25) is 0 Å². The van der Waals surface area contributed by atoms with Crippen molar-refractivity contribution in [3.63, 3.8) is 0 Å². The van der Waals surface area contributed by atoms with E-state index in [0.717, 1.165) is 16.7 Å². The number of carboxylic acids is 1. The van der Waals surface area contributed by atoms with Crippen LogP contribution in [0.25, 0.3) is 0 Å². The van der Waals surface area contributed by atoms with Crippen LogP contribution in [0.3, 0.4) is 0 Å². The monoisotopic (exact) mass is 221 g/mol. The van der Waals surface area contributed by atoms with Gasteiger partial charge in [-0.3, -0.25) is 9.59 Å². The van der Waals surface area contributed by atoms with E-state index in [-0.39, 0.29) is 6.42 Å². The zero-order chi connectivity index (χ0) is 12.1. The fourth-order valence-corrected chi connectivity index (χ4v) is 1.88. The Morgan fingerprint density at radius 1 is 1.44 bits per heavy atom. The van der Waals surface area contributed by atoms with Gasteiger partial charge in [0.15, 0.2) is 0 Å². The van der Waals surface area contributed by atoms with Crippen LogP contribution in [0.1, 0.15) is 29.2 Å². The van der Waals surface area contributed by atoms with Crippen LogP contribution in [0.15, 0.2) is 18.2 Å². The summed E-state index contributed by atoms with van der Waals surface area (Å²) in [7, 11) is 0.